The molecule has 0 saturated carbocycles. The fraction of sp³-hybridized carbons (Fsp3) is 0.882. The van der Waals surface area contributed by atoms with Gasteiger partial charge in [0.1, 0.15) is 0 Å². The fourth-order valence-electron chi connectivity index (χ4n) is 2.47. The van der Waals surface area contributed by atoms with E-state index in [2.05, 4.69) is 10.6 Å². The highest BCUT2D eigenvalue weighted by Crippen LogP contribution is 2.23. The summed E-state index contributed by atoms with van der Waals surface area (Å²) in [5, 5.41) is 24.3. The number of amides is 3. The number of carbonyl (C=O) groups excluding carboxylic acids is 1. The van der Waals surface area contributed by atoms with E-state index in [0.717, 1.165) is 0 Å². The first kappa shape index (κ1) is 23.5. The first-order valence-corrected chi connectivity index (χ1v) is 8.69. The molecular weight excluding hydrogens is 326 g/mol. The summed E-state index contributed by atoms with van der Waals surface area (Å²) >= 11 is 0. The van der Waals surface area contributed by atoms with Crippen molar-refractivity contribution in [3.05, 3.63) is 0 Å². The Balaban J connectivity index is 4.76. The highest BCUT2D eigenvalue weighted by molar-refractivity contribution is 5.74. The summed E-state index contributed by atoms with van der Waals surface area (Å²) in [6.45, 7) is 10.4. The van der Waals surface area contributed by atoms with Crippen LogP contribution in [0, 0.1) is 5.41 Å². The number of nitrogens with one attached hydrogen (secondary N) is 2. The molecule has 0 aromatic carbocycles. The van der Waals surface area contributed by atoms with E-state index in [1.807, 2.05) is 34.6 Å². The maximum atomic E-state index is 12.3. The minimum atomic E-state index is -1.05. The Morgan fingerprint density at radius 2 is 1.80 bits per heavy atom. The van der Waals surface area contributed by atoms with Crippen LogP contribution in [0.1, 0.15) is 47.5 Å². The van der Waals surface area contributed by atoms with Gasteiger partial charge in [0.2, 0.25) is 0 Å². The van der Waals surface area contributed by atoms with Crippen molar-refractivity contribution in [2.24, 2.45) is 5.41 Å². The zero-order valence-electron chi connectivity index (χ0n) is 16.3. The predicted molar refractivity (Wildman–Crippen MR) is 96.8 cm³/mol. The summed E-state index contributed by atoms with van der Waals surface area (Å²) in [5.41, 5.74) is -0.223. The smallest absolute Gasteiger partial charge is 0.404 e. The summed E-state index contributed by atoms with van der Waals surface area (Å²) in [7, 11) is 1.49. The van der Waals surface area contributed by atoms with E-state index in [1.54, 1.807) is 4.90 Å². The van der Waals surface area contributed by atoms with Gasteiger partial charge < -0.3 is 30.5 Å². The number of urea groups is 1. The number of methoxy groups -OCH3 is 1. The third kappa shape index (κ3) is 10.8. The zero-order chi connectivity index (χ0) is 19.6. The fourth-order valence-corrected chi connectivity index (χ4v) is 2.47. The second kappa shape index (κ2) is 11.1. The van der Waals surface area contributed by atoms with E-state index < -0.39 is 12.2 Å². The largest absolute Gasteiger partial charge is 0.465 e. The van der Waals surface area contributed by atoms with Gasteiger partial charge in [-0.15, -0.1) is 0 Å². The van der Waals surface area contributed by atoms with Crippen LogP contribution in [0.2, 0.25) is 0 Å². The number of ether oxygens (including phenoxy) is 1. The first-order valence-electron chi connectivity index (χ1n) is 8.69. The van der Waals surface area contributed by atoms with Gasteiger partial charge in [0.05, 0.1) is 19.3 Å². The number of carbonyl (C=O) groups is 2. The average Bonchev–Trinajstić information content (AvgIpc) is 2.43. The van der Waals surface area contributed by atoms with E-state index in [-0.39, 0.29) is 36.7 Å². The van der Waals surface area contributed by atoms with Crippen LogP contribution in [0.25, 0.3) is 0 Å². The Kier molecular flexibility index (Phi) is 10.5. The third-order valence-corrected chi connectivity index (χ3v) is 3.75. The number of nitrogens with zero attached hydrogens (tertiary/aromatic N) is 1. The number of hydrogen-bond acceptors (Lipinski definition) is 4. The van der Waals surface area contributed by atoms with E-state index in [4.69, 9.17) is 9.84 Å². The maximum Gasteiger partial charge on any atom is 0.404 e. The standard InChI is InChI=1S/C17H35N3O5/c1-12(2)18-15(22)20(10-13(21)11-25-6)9-7-8-14(17(3,4)5)19-16(23)24/h12-14,19,21H,7-11H2,1-6H3,(H,18,22)(H,23,24)/t13-,14?/m0/s1. The van der Waals surface area contributed by atoms with Crippen LogP contribution in [0.15, 0.2) is 0 Å². The average molecular weight is 361 g/mol. The van der Waals surface area contributed by atoms with Crippen LogP contribution in [0.5, 0.6) is 0 Å². The van der Waals surface area contributed by atoms with Gasteiger partial charge in [0.15, 0.2) is 0 Å². The van der Waals surface area contributed by atoms with Crippen molar-refractivity contribution in [1.82, 2.24) is 15.5 Å². The molecule has 0 aliphatic heterocycles. The third-order valence-electron chi connectivity index (χ3n) is 3.75. The lowest BCUT2D eigenvalue weighted by Gasteiger charge is -2.32. The normalized spacial score (nSPS) is 14.1. The SMILES string of the molecule is COC[C@@H](O)CN(CCCC(NC(=O)O)C(C)(C)C)C(=O)NC(C)C. The maximum absolute atomic E-state index is 12.3. The van der Waals surface area contributed by atoms with Crippen molar-refractivity contribution < 1.29 is 24.5 Å². The Morgan fingerprint density at radius 1 is 1.20 bits per heavy atom. The van der Waals surface area contributed by atoms with Crippen LogP contribution in [0.4, 0.5) is 9.59 Å². The van der Waals surface area contributed by atoms with Gasteiger partial charge in [-0.25, -0.2) is 9.59 Å². The molecule has 0 saturated heterocycles. The molecule has 4 N–H and O–H groups in total. The predicted octanol–water partition coefficient (Wildman–Crippen LogP) is 1.88. The van der Waals surface area contributed by atoms with Crippen LogP contribution < -0.4 is 10.6 Å². The van der Waals surface area contributed by atoms with Crippen molar-refractivity contribution in [3.63, 3.8) is 0 Å². The molecule has 3 amide bonds. The molecule has 8 heteroatoms. The van der Waals surface area contributed by atoms with Crippen molar-refractivity contribution in [2.75, 3.05) is 26.8 Å². The molecule has 1 unspecified atom stereocenters. The van der Waals surface area contributed by atoms with Crippen LogP contribution in [0.3, 0.4) is 0 Å². The molecule has 148 valence electrons. The molecule has 0 aliphatic rings. The van der Waals surface area contributed by atoms with Crippen LogP contribution in [-0.4, -0.2) is 72.2 Å². The summed E-state index contributed by atoms with van der Waals surface area (Å²) < 4.78 is 4.91. The molecule has 0 heterocycles. The molecule has 25 heavy (non-hydrogen) atoms. The summed E-state index contributed by atoms with van der Waals surface area (Å²) in [5.74, 6) is 0. The number of hydrogen-bond donors (Lipinski definition) is 4. The molecule has 0 bridgehead atoms. The van der Waals surface area contributed by atoms with E-state index in [1.165, 1.54) is 7.11 Å². The van der Waals surface area contributed by atoms with Crippen LogP contribution in [-0.2, 0) is 4.74 Å². The van der Waals surface area contributed by atoms with Gasteiger partial charge in [-0.1, -0.05) is 20.8 Å². The van der Waals surface area contributed by atoms with E-state index in [0.29, 0.717) is 19.4 Å². The lowest BCUT2D eigenvalue weighted by atomic mass is 9.84. The zero-order valence-corrected chi connectivity index (χ0v) is 16.3. The topological polar surface area (TPSA) is 111 Å². The number of carboxylic acid groups (broad SMARTS) is 1. The second-order valence-electron chi connectivity index (χ2n) is 7.67. The highest BCUT2D eigenvalue weighted by Gasteiger charge is 2.26. The van der Waals surface area contributed by atoms with Crippen molar-refractivity contribution in [3.8, 4) is 0 Å². The monoisotopic (exact) mass is 361 g/mol. The molecule has 2 atom stereocenters. The molecule has 0 aromatic heterocycles. The highest BCUT2D eigenvalue weighted by atomic mass is 16.5. The Labute approximate surface area is 150 Å². The van der Waals surface area contributed by atoms with Gasteiger partial charge in [-0.2, -0.15) is 0 Å². The summed E-state index contributed by atoms with van der Waals surface area (Å²) in [6.07, 6.45) is -0.599. The molecule has 8 nitrogen and oxygen atoms in total. The second-order valence-corrected chi connectivity index (χ2v) is 7.67. The Morgan fingerprint density at radius 3 is 2.24 bits per heavy atom. The molecular formula is C17H35N3O5. The minimum absolute atomic E-state index is 0.00873. The van der Waals surface area contributed by atoms with Gasteiger partial charge in [-0.3, -0.25) is 0 Å². The number of rotatable bonds is 10. The first-order chi connectivity index (χ1) is 11.5. The number of aliphatic hydroxyl groups is 1. The molecule has 0 spiro atoms. The van der Waals surface area contributed by atoms with Gasteiger partial charge in [0.25, 0.3) is 0 Å². The summed E-state index contributed by atoms with van der Waals surface area (Å²) in [6, 6.07) is -0.474. The van der Waals surface area contributed by atoms with Gasteiger partial charge in [-0.05, 0) is 32.1 Å². The molecule has 0 aromatic rings. The molecule has 0 rings (SSSR count). The lowest BCUT2D eigenvalue weighted by molar-refractivity contribution is 0.0440. The quantitative estimate of drug-likeness (QED) is 0.475. The van der Waals surface area contributed by atoms with Crippen molar-refractivity contribution >= 4 is 12.1 Å². The Hall–Kier alpha value is -1.54. The van der Waals surface area contributed by atoms with E-state index >= 15 is 0 Å². The van der Waals surface area contributed by atoms with Gasteiger partial charge >= 0.3 is 12.1 Å². The molecule has 0 radical (unpaired) electrons. The Bertz CT molecular complexity index is 410. The molecule has 0 fully saturated rings. The van der Waals surface area contributed by atoms with Crippen molar-refractivity contribution in [2.45, 2.75) is 65.6 Å². The lowest BCUT2D eigenvalue weighted by Crippen LogP contribution is -2.48. The summed E-state index contributed by atoms with van der Waals surface area (Å²) in [4.78, 5) is 24.8. The van der Waals surface area contributed by atoms with Gasteiger partial charge in [0, 0.05) is 25.7 Å². The molecule has 0 aliphatic carbocycles. The van der Waals surface area contributed by atoms with E-state index in [9.17, 15) is 14.7 Å². The van der Waals surface area contributed by atoms with Crippen LogP contribution >= 0.6 is 0 Å². The van der Waals surface area contributed by atoms with Crippen molar-refractivity contribution in [1.29, 1.82) is 0 Å². The number of aliphatic hydroxyl groups excluding tert-OH is 1. The minimum Gasteiger partial charge on any atom is -0.465 e.